The van der Waals surface area contributed by atoms with Crippen molar-refractivity contribution in [1.29, 1.82) is 5.26 Å². The first-order valence-corrected chi connectivity index (χ1v) is 6.91. The highest BCUT2D eigenvalue weighted by Gasteiger charge is 2.27. The minimum atomic E-state index is 0.338. The number of hydrogen-bond acceptors (Lipinski definition) is 3. The van der Waals surface area contributed by atoms with Gasteiger partial charge in [-0.3, -0.25) is 0 Å². The Kier molecular flexibility index (Phi) is 3.30. The molecule has 1 saturated heterocycles. The van der Waals surface area contributed by atoms with Crippen LogP contribution in [0, 0.1) is 11.3 Å². The SMILES string of the molecule is N#Cc1ccccc1N1CCCC1c1ccc(N)cc1. The Hall–Kier alpha value is -2.47. The molecule has 0 saturated carbocycles. The van der Waals surface area contributed by atoms with Crippen molar-refractivity contribution < 1.29 is 0 Å². The molecule has 1 fully saturated rings. The van der Waals surface area contributed by atoms with Crippen molar-refractivity contribution in [2.45, 2.75) is 18.9 Å². The molecule has 2 N–H and O–H groups in total. The lowest BCUT2D eigenvalue weighted by Crippen LogP contribution is -2.23. The van der Waals surface area contributed by atoms with E-state index in [2.05, 4.69) is 23.1 Å². The Labute approximate surface area is 119 Å². The van der Waals surface area contributed by atoms with Gasteiger partial charge in [0.15, 0.2) is 0 Å². The van der Waals surface area contributed by atoms with Crippen LogP contribution in [0.3, 0.4) is 0 Å². The molecule has 3 heteroatoms. The second-order valence-corrected chi connectivity index (χ2v) is 5.15. The van der Waals surface area contributed by atoms with Gasteiger partial charge in [0.2, 0.25) is 0 Å². The zero-order valence-electron chi connectivity index (χ0n) is 11.3. The highest BCUT2D eigenvalue weighted by Crippen LogP contribution is 2.37. The van der Waals surface area contributed by atoms with Crippen LogP contribution in [0.1, 0.15) is 30.0 Å². The van der Waals surface area contributed by atoms with Crippen molar-refractivity contribution in [2.24, 2.45) is 0 Å². The summed E-state index contributed by atoms with van der Waals surface area (Å²) in [6.07, 6.45) is 2.26. The van der Waals surface area contributed by atoms with Crippen molar-refractivity contribution in [3.8, 4) is 6.07 Å². The summed E-state index contributed by atoms with van der Waals surface area (Å²) in [6, 6.07) is 18.5. The Morgan fingerprint density at radius 3 is 2.60 bits per heavy atom. The van der Waals surface area contributed by atoms with Crippen molar-refractivity contribution in [1.82, 2.24) is 0 Å². The van der Waals surface area contributed by atoms with Crippen LogP contribution in [0.4, 0.5) is 11.4 Å². The van der Waals surface area contributed by atoms with Crippen LogP contribution in [0.5, 0.6) is 0 Å². The fourth-order valence-electron chi connectivity index (χ4n) is 2.94. The van der Waals surface area contributed by atoms with Crippen molar-refractivity contribution >= 4 is 11.4 Å². The maximum absolute atomic E-state index is 9.28. The molecule has 0 bridgehead atoms. The first-order chi connectivity index (χ1) is 9.79. The van der Waals surface area contributed by atoms with Gasteiger partial charge in [0.25, 0.3) is 0 Å². The quantitative estimate of drug-likeness (QED) is 0.844. The van der Waals surface area contributed by atoms with E-state index in [1.807, 2.05) is 36.4 Å². The van der Waals surface area contributed by atoms with Gasteiger partial charge in [-0.25, -0.2) is 0 Å². The van der Waals surface area contributed by atoms with Crippen molar-refractivity contribution in [3.63, 3.8) is 0 Å². The second-order valence-electron chi connectivity index (χ2n) is 5.15. The molecule has 3 rings (SSSR count). The molecule has 2 aromatic rings. The van der Waals surface area contributed by atoms with E-state index < -0.39 is 0 Å². The molecule has 0 radical (unpaired) electrons. The summed E-state index contributed by atoms with van der Waals surface area (Å²) in [6.45, 7) is 0.994. The normalized spacial score (nSPS) is 17.9. The molecule has 0 amide bonds. The maximum Gasteiger partial charge on any atom is 0.101 e. The summed E-state index contributed by atoms with van der Waals surface area (Å²) in [7, 11) is 0. The van der Waals surface area contributed by atoms with Gasteiger partial charge in [-0.15, -0.1) is 0 Å². The fraction of sp³-hybridized carbons (Fsp3) is 0.235. The number of hydrogen-bond donors (Lipinski definition) is 1. The molecule has 0 aromatic heterocycles. The van der Waals surface area contributed by atoms with Gasteiger partial charge in [0.1, 0.15) is 6.07 Å². The predicted octanol–water partition coefficient (Wildman–Crippen LogP) is 3.48. The molecule has 1 aliphatic heterocycles. The van der Waals surface area contributed by atoms with Gasteiger partial charge in [0.05, 0.1) is 17.3 Å². The minimum Gasteiger partial charge on any atom is -0.399 e. The molecule has 0 spiro atoms. The van der Waals surface area contributed by atoms with Gasteiger partial charge in [0, 0.05) is 12.2 Å². The van der Waals surface area contributed by atoms with Crippen molar-refractivity contribution in [2.75, 3.05) is 17.2 Å². The average Bonchev–Trinajstić information content (AvgIpc) is 2.97. The standard InChI is InChI=1S/C17H17N3/c18-12-14-4-1-2-5-17(14)20-11-3-6-16(20)13-7-9-15(19)10-8-13/h1-2,4-5,7-10,16H,3,6,11,19H2. The van der Waals surface area contributed by atoms with Crippen LogP contribution < -0.4 is 10.6 Å². The number of nitrogens with zero attached hydrogens (tertiary/aromatic N) is 2. The Bertz CT molecular complexity index is 640. The van der Waals surface area contributed by atoms with E-state index in [9.17, 15) is 5.26 Å². The second kappa shape index (κ2) is 5.26. The van der Waals surface area contributed by atoms with E-state index in [0.29, 0.717) is 6.04 Å². The molecular formula is C17H17N3. The Balaban J connectivity index is 1.97. The molecule has 0 aliphatic carbocycles. The third-order valence-corrected chi connectivity index (χ3v) is 3.91. The Morgan fingerprint density at radius 2 is 1.85 bits per heavy atom. The van der Waals surface area contributed by atoms with Crippen LogP contribution in [0.25, 0.3) is 0 Å². The molecular weight excluding hydrogens is 246 g/mol. The molecule has 1 unspecified atom stereocenters. The summed E-state index contributed by atoms with van der Waals surface area (Å²) < 4.78 is 0. The maximum atomic E-state index is 9.28. The molecule has 100 valence electrons. The number of benzene rings is 2. The third-order valence-electron chi connectivity index (χ3n) is 3.91. The summed E-state index contributed by atoms with van der Waals surface area (Å²) in [5.41, 5.74) is 9.60. The van der Waals surface area contributed by atoms with Crippen molar-refractivity contribution in [3.05, 3.63) is 59.7 Å². The monoisotopic (exact) mass is 263 g/mol. The third kappa shape index (κ3) is 2.21. The van der Waals surface area contributed by atoms with Crippen LogP contribution in [-0.4, -0.2) is 6.54 Å². The van der Waals surface area contributed by atoms with E-state index in [-0.39, 0.29) is 0 Å². The topological polar surface area (TPSA) is 53.0 Å². The van der Waals surface area contributed by atoms with Crippen LogP contribution in [0.15, 0.2) is 48.5 Å². The van der Waals surface area contributed by atoms with Crippen LogP contribution >= 0.6 is 0 Å². The van der Waals surface area contributed by atoms with E-state index >= 15 is 0 Å². The summed E-state index contributed by atoms with van der Waals surface area (Å²) in [5.74, 6) is 0. The zero-order chi connectivity index (χ0) is 13.9. The number of rotatable bonds is 2. The molecule has 2 aromatic carbocycles. The van der Waals surface area contributed by atoms with Gasteiger partial charge in [-0.05, 0) is 42.7 Å². The lowest BCUT2D eigenvalue weighted by Gasteiger charge is -2.28. The summed E-state index contributed by atoms with van der Waals surface area (Å²) in [5, 5.41) is 9.28. The molecule has 1 atom stereocenters. The van der Waals surface area contributed by atoms with E-state index in [1.165, 1.54) is 5.56 Å². The lowest BCUT2D eigenvalue weighted by atomic mass is 10.0. The summed E-state index contributed by atoms with van der Waals surface area (Å²) in [4.78, 5) is 2.34. The van der Waals surface area contributed by atoms with Gasteiger partial charge in [-0.1, -0.05) is 24.3 Å². The Morgan fingerprint density at radius 1 is 1.10 bits per heavy atom. The number of nitriles is 1. The van der Waals surface area contributed by atoms with Crippen LogP contribution in [-0.2, 0) is 0 Å². The van der Waals surface area contributed by atoms with Crippen LogP contribution in [0.2, 0.25) is 0 Å². The molecule has 3 nitrogen and oxygen atoms in total. The summed E-state index contributed by atoms with van der Waals surface area (Å²) >= 11 is 0. The number of para-hydroxylation sites is 1. The largest absolute Gasteiger partial charge is 0.399 e. The first-order valence-electron chi connectivity index (χ1n) is 6.91. The molecule has 20 heavy (non-hydrogen) atoms. The fourth-order valence-corrected chi connectivity index (χ4v) is 2.94. The predicted molar refractivity (Wildman–Crippen MR) is 81.3 cm³/mol. The first kappa shape index (κ1) is 12.6. The molecule has 1 heterocycles. The highest BCUT2D eigenvalue weighted by atomic mass is 15.2. The van der Waals surface area contributed by atoms with Gasteiger partial charge >= 0.3 is 0 Å². The average molecular weight is 263 g/mol. The minimum absolute atomic E-state index is 0.338. The van der Waals surface area contributed by atoms with E-state index in [0.717, 1.165) is 36.3 Å². The van der Waals surface area contributed by atoms with Gasteiger partial charge < -0.3 is 10.6 Å². The number of nitrogen functional groups attached to an aromatic ring is 1. The van der Waals surface area contributed by atoms with Gasteiger partial charge in [-0.2, -0.15) is 5.26 Å². The number of nitrogens with two attached hydrogens (primary N) is 1. The smallest absolute Gasteiger partial charge is 0.101 e. The number of anilines is 2. The van der Waals surface area contributed by atoms with E-state index in [1.54, 1.807) is 0 Å². The lowest BCUT2D eigenvalue weighted by molar-refractivity contribution is 0.719. The highest BCUT2D eigenvalue weighted by molar-refractivity contribution is 5.61. The zero-order valence-corrected chi connectivity index (χ0v) is 11.3. The van der Waals surface area contributed by atoms with E-state index in [4.69, 9.17) is 5.73 Å². The molecule has 1 aliphatic rings.